The van der Waals surface area contributed by atoms with Crippen molar-refractivity contribution < 1.29 is 4.74 Å². The standard InChI is InChI=1S/C17H27NO/c1-4-17(2,13-18-10-11-19-3)16-12-15(16)14-8-6-5-7-9-14/h5-9,15-16,18H,4,10-13H2,1-3H3. The van der Waals surface area contributed by atoms with Crippen LogP contribution < -0.4 is 5.32 Å². The van der Waals surface area contributed by atoms with E-state index >= 15 is 0 Å². The van der Waals surface area contributed by atoms with Crippen LogP contribution in [-0.2, 0) is 4.74 Å². The Morgan fingerprint density at radius 1 is 1.32 bits per heavy atom. The van der Waals surface area contributed by atoms with Crippen molar-refractivity contribution in [1.82, 2.24) is 5.32 Å². The minimum absolute atomic E-state index is 0.411. The highest BCUT2D eigenvalue weighted by atomic mass is 16.5. The summed E-state index contributed by atoms with van der Waals surface area (Å²) in [4.78, 5) is 0. The number of hydrogen-bond acceptors (Lipinski definition) is 2. The van der Waals surface area contributed by atoms with Gasteiger partial charge in [0.1, 0.15) is 0 Å². The summed E-state index contributed by atoms with van der Waals surface area (Å²) in [5.41, 5.74) is 1.93. The summed E-state index contributed by atoms with van der Waals surface area (Å²) >= 11 is 0. The number of rotatable bonds is 8. The van der Waals surface area contributed by atoms with Crippen LogP contribution in [-0.4, -0.2) is 26.8 Å². The smallest absolute Gasteiger partial charge is 0.0587 e. The average molecular weight is 261 g/mol. The van der Waals surface area contributed by atoms with E-state index in [1.54, 1.807) is 7.11 Å². The first-order valence-corrected chi connectivity index (χ1v) is 7.46. The van der Waals surface area contributed by atoms with Gasteiger partial charge in [-0.25, -0.2) is 0 Å². The van der Waals surface area contributed by atoms with Gasteiger partial charge in [0.25, 0.3) is 0 Å². The molecule has 19 heavy (non-hydrogen) atoms. The molecule has 3 atom stereocenters. The molecule has 1 N–H and O–H groups in total. The van der Waals surface area contributed by atoms with Crippen LogP contribution >= 0.6 is 0 Å². The Morgan fingerprint density at radius 2 is 2.05 bits per heavy atom. The summed E-state index contributed by atoms with van der Waals surface area (Å²) in [6.45, 7) is 7.60. The number of ether oxygens (including phenoxy) is 1. The van der Waals surface area contributed by atoms with Gasteiger partial charge in [-0.15, -0.1) is 0 Å². The quantitative estimate of drug-likeness (QED) is 0.724. The molecule has 1 aliphatic carbocycles. The van der Waals surface area contributed by atoms with Gasteiger partial charge in [-0.05, 0) is 35.7 Å². The van der Waals surface area contributed by atoms with E-state index in [1.807, 2.05) is 0 Å². The molecule has 0 aliphatic heterocycles. The molecule has 0 aromatic heterocycles. The fourth-order valence-electron chi connectivity index (χ4n) is 3.10. The lowest BCUT2D eigenvalue weighted by atomic mass is 9.80. The van der Waals surface area contributed by atoms with Crippen molar-refractivity contribution in [3.63, 3.8) is 0 Å². The van der Waals surface area contributed by atoms with Gasteiger partial charge in [0.2, 0.25) is 0 Å². The van der Waals surface area contributed by atoms with Gasteiger partial charge in [0.05, 0.1) is 6.61 Å². The molecular weight excluding hydrogens is 234 g/mol. The first-order valence-electron chi connectivity index (χ1n) is 7.46. The van der Waals surface area contributed by atoms with Crippen LogP contribution in [0.4, 0.5) is 0 Å². The molecule has 0 spiro atoms. The average Bonchev–Trinajstić information content (AvgIpc) is 3.25. The molecule has 1 aromatic rings. The van der Waals surface area contributed by atoms with Crippen molar-refractivity contribution in [2.45, 2.75) is 32.6 Å². The zero-order valence-electron chi connectivity index (χ0n) is 12.5. The molecule has 0 heterocycles. The number of methoxy groups -OCH3 is 1. The fraction of sp³-hybridized carbons (Fsp3) is 0.647. The van der Waals surface area contributed by atoms with Crippen molar-refractivity contribution in [3.05, 3.63) is 35.9 Å². The monoisotopic (exact) mass is 261 g/mol. The number of nitrogens with one attached hydrogen (secondary N) is 1. The van der Waals surface area contributed by atoms with Gasteiger partial charge >= 0.3 is 0 Å². The Labute approximate surface area is 117 Å². The maximum absolute atomic E-state index is 5.09. The minimum atomic E-state index is 0.411. The van der Waals surface area contributed by atoms with Crippen molar-refractivity contribution in [1.29, 1.82) is 0 Å². The van der Waals surface area contributed by atoms with E-state index in [2.05, 4.69) is 49.5 Å². The summed E-state index contributed by atoms with van der Waals surface area (Å²) in [5, 5.41) is 3.55. The highest BCUT2D eigenvalue weighted by molar-refractivity contribution is 5.27. The molecule has 2 nitrogen and oxygen atoms in total. The maximum atomic E-state index is 5.09. The van der Waals surface area contributed by atoms with E-state index < -0.39 is 0 Å². The van der Waals surface area contributed by atoms with Crippen molar-refractivity contribution in [2.24, 2.45) is 11.3 Å². The lowest BCUT2D eigenvalue weighted by molar-refractivity contribution is 0.185. The molecule has 1 saturated carbocycles. The summed E-state index contributed by atoms with van der Waals surface area (Å²) in [6.07, 6.45) is 2.58. The van der Waals surface area contributed by atoms with Gasteiger partial charge in [0.15, 0.2) is 0 Å². The Balaban J connectivity index is 1.89. The summed E-state index contributed by atoms with van der Waals surface area (Å²) in [7, 11) is 1.76. The summed E-state index contributed by atoms with van der Waals surface area (Å²) < 4.78 is 5.09. The Bertz CT molecular complexity index is 378. The zero-order valence-corrected chi connectivity index (χ0v) is 12.5. The number of hydrogen-bond donors (Lipinski definition) is 1. The van der Waals surface area contributed by atoms with Crippen LogP contribution in [0, 0.1) is 11.3 Å². The van der Waals surface area contributed by atoms with Gasteiger partial charge in [-0.2, -0.15) is 0 Å². The molecular formula is C17H27NO. The lowest BCUT2D eigenvalue weighted by Gasteiger charge is -2.29. The van der Waals surface area contributed by atoms with E-state index in [-0.39, 0.29) is 0 Å². The number of benzene rings is 1. The third-order valence-electron chi connectivity index (χ3n) is 4.73. The van der Waals surface area contributed by atoms with Gasteiger partial charge in [-0.1, -0.05) is 44.2 Å². The second-order valence-electron chi connectivity index (χ2n) is 6.04. The van der Waals surface area contributed by atoms with E-state index in [0.717, 1.165) is 31.5 Å². The molecule has 1 aliphatic rings. The molecule has 2 heteroatoms. The topological polar surface area (TPSA) is 21.3 Å². The summed E-state index contributed by atoms with van der Waals surface area (Å²) in [6, 6.07) is 11.0. The highest BCUT2D eigenvalue weighted by Gasteiger charge is 2.49. The SMILES string of the molecule is CCC(C)(CNCCOC)C1CC1c1ccccc1. The summed E-state index contributed by atoms with van der Waals surface area (Å²) in [5.74, 6) is 1.60. The largest absolute Gasteiger partial charge is 0.383 e. The molecule has 1 aromatic carbocycles. The minimum Gasteiger partial charge on any atom is -0.383 e. The van der Waals surface area contributed by atoms with Crippen LogP contribution in [0.5, 0.6) is 0 Å². The second kappa shape index (κ2) is 6.53. The Morgan fingerprint density at radius 3 is 2.68 bits per heavy atom. The third kappa shape index (κ3) is 3.58. The highest BCUT2D eigenvalue weighted by Crippen LogP contribution is 2.57. The molecule has 2 rings (SSSR count). The molecule has 0 bridgehead atoms. The van der Waals surface area contributed by atoms with Crippen molar-refractivity contribution in [3.8, 4) is 0 Å². The van der Waals surface area contributed by atoms with Crippen LogP contribution in [0.3, 0.4) is 0 Å². The normalized spacial score (nSPS) is 25.0. The van der Waals surface area contributed by atoms with E-state index in [4.69, 9.17) is 4.74 Å². The van der Waals surface area contributed by atoms with Crippen molar-refractivity contribution in [2.75, 3.05) is 26.8 Å². The Kier molecular flexibility index (Phi) is 5.00. The first-order chi connectivity index (χ1) is 9.21. The molecule has 3 unspecified atom stereocenters. The van der Waals surface area contributed by atoms with Gasteiger partial charge in [0, 0.05) is 20.2 Å². The maximum Gasteiger partial charge on any atom is 0.0587 e. The predicted octanol–water partition coefficient (Wildman–Crippen LogP) is 3.44. The van der Waals surface area contributed by atoms with Crippen LogP contribution in [0.2, 0.25) is 0 Å². The lowest BCUT2D eigenvalue weighted by Crippen LogP contribution is -2.35. The molecule has 1 fully saturated rings. The van der Waals surface area contributed by atoms with Gasteiger partial charge in [-0.3, -0.25) is 0 Å². The van der Waals surface area contributed by atoms with Crippen LogP contribution in [0.1, 0.15) is 38.2 Å². The third-order valence-corrected chi connectivity index (χ3v) is 4.73. The van der Waals surface area contributed by atoms with Crippen LogP contribution in [0.25, 0.3) is 0 Å². The Hall–Kier alpha value is -0.860. The molecule has 0 radical (unpaired) electrons. The molecule has 0 amide bonds. The molecule has 0 saturated heterocycles. The second-order valence-corrected chi connectivity index (χ2v) is 6.04. The van der Waals surface area contributed by atoms with E-state index in [9.17, 15) is 0 Å². The van der Waals surface area contributed by atoms with E-state index in [1.165, 1.54) is 18.4 Å². The van der Waals surface area contributed by atoms with Gasteiger partial charge < -0.3 is 10.1 Å². The fourth-order valence-corrected chi connectivity index (χ4v) is 3.10. The van der Waals surface area contributed by atoms with Crippen LogP contribution in [0.15, 0.2) is 30.3 Å². The van der Waals surface area contributed by atoms with Crippen molar-refractivity contribution >= 4 is 0 Å². The van der Waals surface area contributed by atoms with E-state index in [0.29, 0.717) is 5.41 Å². The zero-order chi connectivity index (χ0) is 13.7. The predicted molar refractivity (Wildman–Crippen MR) is 80.4 cm³/mol. The first kappa shape index (κ1) is 14.5. The molecule has 106 valence electrons.